The van der Waals surface area contributed by atoms with Gasteiger partial charge in [-0.05, 0) is 24.3 Å². The first kappa shape index (κ1) is 24.4. The molecule has 0 unspecified atom stereocenters. The molecule has 0 radical (unpaired) electrons. The molecule has 44 heavy (non-hydrogen) atoms. The molecular formula is C37H23N7. The van der Waals surface area contributed by atoms with Gasteiger partial charge in [-0.3, -0.25) is 9.13 Å². The van der Waals surface area contributed by atoms with E-state index in [1.807, 2.05) is 102 Å². The molecule has 4 heterocycles. The topological polar surface area (TPSA) is 74.3 Å². The average molecular weight is 566 g/mol. The number of hydrogen-bond donors (Lipinski definition) is 0. The minimum Gasteiger partial charge on any atom is -0.292 e. The third-order valence-corrected chi connectivity index (χ3v) is 7.98. The predicted molar refractivity (Wildman–Crippen MR) is 175 cm³/mol. The lowest BCUT2D eigenvalue weighted by atomic mass is 10.2. The maximum atomic E-state index is 5.37. The number of rotatable bonds is 4. The summed E-state index contributed by atoms with van der Waals surface area (Å²) in [5, 5.41) is 2.03. The standard InChI is InChI=1S/C37H23N7/c1-4-14-24(15-5-1)33-39-34(25-16-6-2-7-17-25)41-37(40-33)44-30-23-13-11-21-28(30)32-36(44)42-35-31(38-32)27-20-10-12-22-29(27)43(35)26-18-8-3-9-19-26/h1-23H. The summed E-state index contributed by atoms with van der Waals surface area (Å²) in [7, 11) is 0. The second-order valence-electron chi connectivity index (χ2n) is 10.6. The minimum atomic E-state index is 0.486. The Hall–Kier alpha value is -6.21. The number of fused-ring (bicyclic) bond motifs is 6. The molecule has 0 amide bonds. The van der Waals surface area contributed by atoms with E-state index in [0.29, 0.717) is 23.2 Å². The van der Waals surface area contributed by atoms with Crippen LogP contribution in [0.3, 0.4) is 0 Å². The first-order valence-corrected chi connectivity index (χ1v) is 14.5. The average Bonchev–Trinajstić information content (AvgIpc) is 3.60. The second kappa shape index (κ2) is 9.68. The van der Waals surface area contributed by atoms with E-state index >= 15 is 0 Å². The Morgan fingerprint density at radius 2 is 0.818 bits per heavy atom. The van der Waals surface area contributed by atoms with E-state index in [2.05, 4.69) is 47.0 Å². The highest BCUT2D eigenvalue weighted by Crippen LogP contribution is 2.35. The quantitative estimate of drug-likeness (QED) is 0.215. The van der Waals surface area contributed by atoms with Gasteiger partial charge in [0.1, 0.15) is 11.0 Å². The molecule has 0 bridgehead atoms. The molecule has 0 aliphatic carbocycles. The molecule has 7 heteroatoms. The lowest BCUT2D eigenvalue weighted by molar-refractivity contribution is 0.943. The summed E-state index contributed by atoms with van der Waals surface area (Å²) in [5.41, 5.74) is 7.92. The van der Waals surface area contributed by atoms with Crippen molar-refractivity contribution >= 4 is 44.1 Å². The van der Waals surface area contributed by atoms with Gasteiger partial charge in [0.05, 0.1) is 11.0 Å². The summed E-state index contributed by atoms with van der Waals surface area (Å²) in [4.78, 5) is 25.7. The molecule has 0 spiro atoms. The molecule has 9 aromatic rings. The van der Waals surface area contributed by atoms with E-state index in [1.54, 1.807) is 0 Å². The van der Waals surface area contributed by atoms with Gasteiger partial charge in [0.15, 0.2) is 22.9 Å². The van der Waals surface area contributed by atoms with Crippen LogP contribution in [0.1, 0.15) is 0 Å². The summed E-state index contributed by atoms with van der Waals surface area (Å²) in [6, 6.07) is 46.8. The molecule has 0 fully saturated rings. The summed E-state index contributed by atoms with van der Waals surface area (Å²) in [5.74, 6) is 1.67. The van der Waals surface area contributed by atoms with Crippen molar-refractivity contribution in [3.05, 3.63) is 140 Å². The molecule has 0 aliphatic heterocycles. The summed E-state index contributed by atoms with van der Waals surface area (Å²) < 4.78 is 4.20. The molecule has 206 valence electrons. The summed E-state index contributed by atoms with van der Waals surface area (Å²) in [6.07, 6.45) is 0. The van der Waals surface area contributed by atoms with E-state index < -0.39 is 0 Å². The van der Waals surface area contributed by atoms with Gasteiger partial charge < -0.3 is 0 Å². The van der Waals surface area contributed by atoms with Crippen molar-refractivity contribution in [2.75, 3.05) is 0 Å². The van der Waals surface area contributed by atoms with E-state index in [-0.39, 0.29) is 0 Å². The van der Waals surface area contributed by atoms with Gasteiger partial charge in [0.2, 0.25) is 5.95 Å². The van der Waals surface area contributed by atoms with Crippen LogP contribution >= 0.6 is 0 Å². The van der Waals surface area contributed by atoms with Crippen molar-refractivity contribution in [2.24, 2.45) is 0 Å². The van der Waals surface area contributed by atoms with Gasteiger partial charge >= 0.3 is 0 Å². The van der Waals surface area contributed by atoms with Crippen molar-refractivity contribution in [3.63, 3.8) is 0 Å². The number of para-hydroxylation sites is 3. The van der Waals surface area contributed by atoms with Crippen LogP contribution in [-0.2, 0) is 0 Å². The van der Waals surface area contributed by atoms with E-state index in [4.69, 9.17) is 24.9 Å². The number of aromatic nitrogens is 7. The summed E-state index contributed by atoms with van der Waals surface area (Å²) in [6.45, 7) is 0. The normalized spacial score (nSPS) is 11.6. The van der Waals surface area contributed by atoms with Crippen molar-refractivity contribution < 1.29 is 0 Å². The number of benzene rings is 5. The van der Waals surface area contributed by atoms with Crippen LogP contribution in [0.25, 0.3) is 78.5 Å². The van der Waals surface area contributed by atoms with Crippen LogP contribution in [0.5, 0.6) is 0 Å². The largest absolute Gasteiger partial charge is 0.292 e. The van der Waals surface area contributed by atoms with Gasteiger partial charge in [-0.1, -0.05) is 115 Å². The Morgan fingerprint density at radius 3 is 1.39 bits per heavy atom. The molecule has 0 N–H and O–H groups in total. The molecule has 0 saturated heterocycles. The minimum absolute atomic E-state index is 0.486. The molecule has 0 saturated carbocycles. The monoisotopic (exact) mass is 565 g/mol. The number of nitrogens with zero attached hydrogens (tertiary/aromatic N) is 7. The van der Waals surface area contributed by atoms with E-state index in [9.17, 15) is 0 Å². The van der Waals surface area contributed by atoms with Crippen molar-refractivity contribution in [1.29, 1.82) is 0 Å². The first-order chi connectivity index (χ1) is 21.8. The SMILES string of the molecule is c1ccc(-c2nc(-c3ccccc3)nc(-n3c4ccccc4c4nc5c6ccccc6n(-c6ccccc6)c5nc43)n2)cc1. The smallest absolute Gasteiger partial charge is 0.240 e. The zero-order chi connectivity index (χ0) is 29.0. The third-order valence-electron chi connectivity index (χ3n) is 7.98. The van der Waals surface area contributed by atoms with Crippen molar-refractivity contribution in [1.82, 2.24) is 34.1 Å². The Kier molecular flexibility index (Phi) is 5.36. The Bertz CT molecular complexity index is 2420. The van der Waals surface area contributed by atoms with Gasteiger partial charge in [0.25, 0.3) is 0 Å². The molecule has 4 aromatic heterocycles. The fourth-order valence-electron chi connectivity index (χ4n) is 6.00. The molecule has 0 aliphatic rings. The highest BCUT2D eigenvalue weighted by Gasteiger charge is 2.23. The maximum Gasteiger partial charge on any atom is 0.240 e. The Labute approximate surface area is 251 Å². The maximum absolute atomic E-state index is 5.37. The van der Waals surface area contributed by atoms with Crippen LogP contribution < -0.4 is 0 Å². The van der Waals surface area contributed by atoms with Crippen LogP contribution in [0.2, 0.25) is 0 Å². The fourth-order valence-corrected chi connectivity index (χ4v) is 6.00. The third kappa shape index (κ3) is 3.73. The number of hydrogen-bond acceptors (Lipinski definition) is 5. The lowest BCUT2D eigenvalue weighted by Crippen LogP contribution is -2.07. The van der Waals surface area contributed by atoms with Crippen LogP contribution in [-0.4, -0.2) is 34.1 Å². The van der Waals surface area contributed by atoms with E-state index in [1.165, 1.54) is 0 Å². The molecule has 9 rings (SSSR count). The molecule has 5 aromatic carbocycles. The zero-order valence-electron chi connectivity index (χ0n) is 23.4. The van der Waals surface area contributed by atoms with Gasteiger partial charge in [-0.25, -0.2) is 15.0 Å². The molecular weight excluding hydrogens is 542 g/mol. The van der Waals surface area contributed by atoms with Crippen molar-refractivity contribution in [2.45, 2.75) is 0 Å². The van der Waals surface area contributed by atoms with Crippen LogP contribution in [0, 0.1) is 0 Å². The van der Waals surface area contributed by atoms with Gasteiger partial charge in [0, 0.05) is 27.6 Å². The summed E-state index contributed by atoms with van der Waals surface area (Å²) >= 11 is 0. The Morgan fingerprint density at radius 1 is 0.364 bits per heavy atom. The predicted octanol–water partition coefficient (Wildman–Crippen LogP) is 8.19. The van der Waals surface area contributed by atoms with Crippen molar-refractivity contribution in [3.8, 4) is 34.4 Å². The lowest BCUT2D eigenvalue weighted by Gasteiger charge is -2.10. The van der Waals surface area contributed by atoms with Gasteiger partial charge in [-0.15, -0.1) is 0 Å². The highest BCUT2D eigenvalue weighted by molar-refractivity contribution is 6.12. The van der Waals surface area contributed by atoms with Crippen LogP contribution in [0.4, 0.5) is 0 Å². The fraction of sp³-hybridized carbons (Fsp3) is 0. The van der Waals surface area contributed by atoms with E-state index in [0.717, 1.165) is 55.3 Å². The van der Waals surface area contributed by atoms with Gasteiger partial charge in [-0.2, -0.15) is 9.97 Å². The highest BCUT2D eigenvalue weighted by atomic mass is 15.2. The molecule has 7 nitrogen and oxygen atoms in total. The molecule has 0 atom stereocenters. The second-order valence-corrected chi connectivity index (χ2v) is 10.6. The Balaban J connectivity index is 1.41. The first-order valence-electron chi connectivity index (χ1n) is 14.5. The zero-order valence-corrected chi connectivity index (χ0v) is 23.4. The van der Waals surface area contributed by atoms with Crippen LogP contribution in [0.15, 0.2) is 140 Å².